The first kappa shape index (κ1) is 8.97. The van der Waals surface area contributed by atoms with E-state index in [0.717, 1.165) is 26.3 Å². The standard InChI is InChI=1S/C9H16BrNO/c10-7-9(1-2-9)8-11-3-5-12-6-4-11/h1-8H2. The monoisotopic (exact) mass is 233 g/mol. The van der Waals surface area contributed by atoms with Crippen molar-refractivity contribution >= 4 is 15.9 Å². The molecule has 0 amide bonds. The van der Waals surface area contributed by atoms with Crippen LogP contribution in [0, 0.1) is 5.41 Å². The van der Waals surface area contributed by atoms with E-state index in [4.69, 9.17) is 4.74 Å². The number of halogens is 1. The van der Waals surface area contributed by atoms with E-state index < -0.39 is 0 Å². The zero-order valence-corrected chi connectivity index (χ0v) is 8.98. The van der Waals surface area contributed by atoms with Crippen molar-refractivity contribution in [2.45, 2.75) is 12.8 Å². The van der Waals surface area contributed by atoms with Crippen LogP contribution in [0.5, 0.6) is 0 Å². The Hall–Kier alpha value is 0.400. The average Bonchev–Trinajstić information content (AvgIpc) is 2.88. The topological polar surface area (TPSA) is 12.5 Å². The van der Waals surface area contributed by atoms with Gasteiger partial charge in [-0.05, 0) is 18.3 Å². The van der Waals surface area contributed by atoms with Crippen molar-refractivity contribution in [3.8, 4) is 0 Å². The summed E-state index contributed by atoms with van der Waals surface area (Å²) in [6.07, 6.45) is 2.82. The molecule has 0 atom stereocenters. The fourth-order valence-electron chi connectivity index (χ4n) is 1.74. The molecule has 0 aromatic carbocycles. The molecule has 0 aromatic heterocycles. The number of hydrogen-bond donors (Lipinski definition) is 0. The smallest absolute Gasteiger partial charge is 0.0594 e. The third kappa shape index (κ3) is 2.01. The van der Waals surface area contributed by atoms with Crippen LogP contribution in [0.15, 0.2) is 0 Å². The molecule has 12 heavy (non-hydrogen) atoms. The Labute approximate surface area is 82.4 Å². The molecule has 1 aliphatic carbocycles. The van der Waals surface area contributed by atoms with E-state index in [2.05, 4.69) is 20.8 Å². The van der Waals surface area contributed by atoms with Gasteiger partial charge < -0.3 is 4.74 Å². The molecule has 0 spiro atoms. The quantitative estimate of drug-likeness (QED) is 0.686. The van der Waals surface area contributed by atoms with Gasteiger partial charge in [0, 0.05) is 25.0 Å². The maximum atomic E-state index is 5.31. The maximum Gasteiger partial charge on any atom is 0.0594 e. The Balaban J connectivity index is 1.77. The second-order valence-electron chi connectivity index (χ2n) is 4.02. The lowest BCUT2D eigenvalue weighted by atomic mass is 10.1. The normalized spacial score (nSPS) is 28.8. The van der Waals surface area contributed by atoms with Gasteiger partial charge >= 0.3 is 0 Å². The van der Waals surface area contributed by atoms with Crippen LogP contribution in [0.3, 0.4) is 0 Å². The Bertz CT molecular complexity index is 153. The highest BCUT2D eigenvalue weighted by molar-refractivity contribution is 9.09. The zero-order chi connectivity index (χ0) is 8.44. The lowest BCUT2D eigenvalue weighted by molar-refractivity contribution is 0.0302. The first-order valence-electron chi connectivity index (χ1n) is 4.71. The molecule has 2 rings (SSSR count). The van der Waals surface area contributed by atoms with Crippen molar-refractivity contribution in [1.29, 1.82) is 0 Å². The number of nitrogens with zero attached hydrogens (tertiary/aromatic N) is 1. The van der Waals surface area contributed by atoms with E-state index in [-0.39, 0.29) is 0 Å². The summed E-state index contributed by atoms with van der Waals surface area (Å²) in [6.45, 7) is 5.40. The molecule has 0 bridgehead atoms. The van der Waals surface area contributed by atoms with Gasteiger partial charge in [0.05, 0.1) is 13.2 Å². The van der Waals surface area contributed by atoms with Crippen LogP contribution in [-0.4, -0.2) is 43.1 Å². The van der Waals surface area contributed by atoms with Gasteiger partial charge in [-0.1, -0.05) is 15.9 Å². The van der Waals surface area contributed by atoms with Crippen molar-refractivity contribution in [2.75, 3.05) is 38.2 Å². The van der Waals surface area contributed by atoms with Crippen molar-refractivity contribution in [3.05, 3.63) is 0 Å². The highest BCUT2D eigenvalue weighted by atomic mass is 79.9. The summed E-state index contributed by atoms with van der Waals surface area (Å²) in [5, 5.41) is 1.18. The van der Waals surface area contributed by atoms with E-state index >= 15 is 0 Å². The fraction of sp³-hybridized carbons (Fsp3) is 1.00. The largest absolute Gasteiger partial charge is 0.379 e. The van der Waals surface area contributed by atoms with Crippen LogP contribution >= 0.6 is 15.9 Å². The van der Waals surface area contributed by atoms with E-state index in [1.165, 1.54) is 24.7 Å². The molecule has 0 radical (unpaired) electrons. The summed E-state index contributed by atoms with van der Waals surface area (Å²) in [7, 11) is 0. The molecule has 3 heteroatoms. The lowest BCUT2D eigenvalue weighted by Crippen LogP contribution is -2.40. The molecule has 2 aliphatic rings. The van der Waals surface area contributed by atoms with Gasteiger partial charge in [-0.25, -0.2) is 0 Å². The number of morpholine rings is 1. The summed E-state index contributed by atoms with van der Waals surface area (Å²) in [5.74, 6) is 0. The van der Waals surface area contributed by atoms with Crippen LogP contribution in [0.2, 0.25) is 0 Å². The van der Waals surface area contributed by atoms with E-state index in [1.807, 2.05) is 0 Å². The molecule has 1 heterocycles. The summed E-state index contributed by atoms with van der Waals surface area (Å²) in [5.41, 5.74) is 0.636. The predicted molar refractivity (Wildman–Crippen MR) is 52.7 cm³/mol. The number of hydrogen-bond acceptors (Lipinski definition) is 2. The molecule has 0 aromatic rings. The maximum absolute atomic E-state index is 5.31. The molecule has 0 N–H and O–H groups in total. The average molecular weight is 234 g/mol. The van der Waals surface area contributed by atoms with Gasteiger partial charge in [0.2, 0.25) is 0 Å². The molecule has 2 nitrogen and oxygen atoms in total. The van der Waals surface area contributed by atoms with Gasteiger partial charge in [0.15, 0.2) is 0 Å². The van der Waals surface area contributed by atoms with Crippen molar-refractivity contribution in [1.82, 2.24) is 4.90 Å². The summed E-state index contributed by atoms with van der Waals surface area (Å²) in [4.78, 5) is 2.54. The van der Waals surface area contributed by atoms with Crippen LogP contribution in [-0.2, 0) is 4.74 Å². The Morgan fingerprint density at radius 1 is 1.25 bits per heavy atom. The van der Waals surface area contributed by atoms with Gasteiger partial charge in [-0.3, -0.25) is 4.90 Å². The van der Waals surface area contributed by atoms with E-state index in [9.17, 15) is 0 Å². The minimum Gasteiger partial charge on any atom is -0.379 e. The molecule has 70 valence electrons. The van der Waals surface area contributed by atoms with Crippen LogP contribution < -0.4 is 0 Å². The minimum atomic E-state index is 0.636. The summed E-state index contributed by atoms with van der Waals surface area (Å²) < 4.78 is 5.31. The summed E-state index contributed by atoms with van der Waals surface area (Å²) in [6, 6.07) is 0. The third-order valence-electron chi connectivity index (χ3n) is 2.90. The van der Waals surface area contributed by atoms with Crippen LogP contribution in [0.25, 0.3) is 0 Å². The molecule has 0 unspecified atom stereocenters. The van der Waals surface area contributed by atoms with Crippen LogP contribution in [0.1, 0.15) is 12.8 Å². The molecule has 1 saturated carbocycles. The third-order valence-corrected chi connectivity index (χ3v) is 4.09. The fourth-order valence-corrected chi connectivity index (χ4v) is 2.48. The van der Waals surface area contributed by atoms with Crippen molar-refractivity contribution in [2.24, 2.45) is 5.41 Å². The predicted octanol–water partition coefficient (Wildman–Crippen LogP) is 1.49. The Kier molecular flexibility index (Phi) is 2.72. The Morgan fingerprint density at radius 3 is 2.42 bits per heavy atom. The van der Waals surface area contributed by atoms with Gasteiger partial charge in [0.25, 0.3) is 0 Å². The molecular weight excluding hydrogens is 218 g/mol. The SMILES string of the molecule is BrCC1(CN2CCOCC2)CC1. The highest BCUT2D eigenvalue weighted by Crippen LogP contribution is 2.47. The van der Waals surface area contributed by atoms with Gasteiger partial charge in [-0.15, -0.1) is 0 Å². The molecule has 1 saturated heterocycles. The first-order valence-corrected chi connectivity index (χ1v) is 5.83. The molecular formula is C9H16BrNO. The highest BCUT2D eigenvalue weighted by Gasteiger charge is 2.42. The Morgan fingerprint density at radius 2 is 1.92 bits per heavy atom. The van der Waals surface area contributed by atoms with Gasteiger partial charge in [0.1, 0.15) is 0 Å². The first-order chi connectivity index (χ1) is 5.85. The van der Waals surface area contributed by atoms with E-state index in [0.29, 0.717) is 5.41 Å². The summed E-state index contributed by atoms with van der Waals surface area (Å²) >= 11 is 3.60. The van der Waals surface area contributed by atoms with Gasteiger partial charge in [-0.2, -0.15) is 0 Å². The van der Waals surface area contributed by atoms with E-state index in [1.54, 1.807) is 0 Å². The zero-order valence-electron chi connectivity index (χ0n) is 7.39. The van der Waals surface area contributed by atoms with Crippen molar-refractivity contribution < 1.29 is 4.74 Å². The second kappa shape index (κ2) is 3.64. The number of ether oxygens (including phenoxy) is 1. The minimum absolute atomic E-state index is 0.636. The number of rotatable bonds is 3. The number of alkyl halides is 1. The lowest BCUT2D eigenvalue weighted by Gasteiger charge is -2.29. The van der Waals surface area contributed by atoms with Crippen molar-refractivity contribution in [3.63, 3.8) is 0 Å². The molecule has 1 aliphatic heterocycles. The second-order valence-corrected chi connectivity index (χ2v) is 4.58. The van der Waals surface area contributed by atoms with Crippen LogP contribution in [0.4, 0.5) is 0 Å². The molecule has 2 fully saturated rings.